The third-order valence-corrected chi connectivity index (χ3v) is 2.78. The van der Waals surface area contributed by atoms with Gasteiger partial charge in [-0.2, -0.15) is 0 Å². The highest BCUT2D eigenvalue weighted by Crippen LogP contribution is 2.25. The van der Waals surface area contributed by atoms with E-state index in [4.69, 9.17) is 0 Å². The molecule has 0 radical (unpaired) electrons. The van der Waals surface area contributed by atoms with E-state index in [9.17, 15) is 5.11 Å². The van der Waals surface area contributed by atoms with E-state index in [0.29, 0.717) is 0 Å². The summed E-state index contributed by atoms with van der Waals surface area (Å²) in [6, 6.07) is 7.73. The van der Waals surface area contributed by atoms with Gasteiger partial charge in [-0.1, -0.05) is 22.9 Å². The minimum Gasteiger partial charge on any atom is -0.386 e. The summed E-state index contributed by atoms with van der Waals surface area (Å²) in [7, 11) is 1.40. The van der Waals surface area contributed by atoms with Crippen LogP contribution in [0.4, 0.5) is 0 Å². The second-order valence-corrected chi connectivity index (χ2v) is 4.38. The number of hydrogen-bond donors (Lipinski definition) is 2. The van der Waals surface area contributed by atoms with Crippen molar-refractivity contribution in [2.24, 2.45) is 0 Å². The van der Waals surface area contributed by atoms with Crippen molar-refractivity contribution in [1.82, 2.24) is 0 Å². The molecule has 0 saturated heterocycles. The molecule has 0 aromatic heterocycles. The predicted molar refractivity (Wildman–Crippen MR) is 56.5 cm³/mol. The highest BCUT2D eigenvalue weighted by molar-refractivity contribution is 8.68. The molecule has 0 heterocycles. The molecule has 1 rings (SSSR count). The molecule has 66 valence electrons. The van der Waals surface area contributed by atoms with Crippen LogP contribution in [0.3, 0.4) is 0 Å². The van der Waals surface area contributed by atoms with E-state index in [1.807, 2.05) is 24.3 Å². The summed E-state index contributed by atoms with van der Waals surface area (Å²) < 4.78 is 0. The molecule has 1 N–H and O–H groups in total. The molecular weight excluding hydrogens is 188 g/mol. The molecule has 0 saturated carbocycles. The first-order valence-electron chi connectivity index (χ1n) is 3.68. The monoisotopic (exact) mass is 200 g/mol. The van der Waals surface area contributed by atoms with E-state index < -0.39 is 5.60 Å². The first-order valence-corrected chi connectivity index (χ1v) is 5.55. The van der Waals surface area contributed by atoms with Gasteiger partial charge in [0, 0.05) is 4.90 Å². The van der Waals surface area contributed by atoms with Gasteiger partial charge in [-0.15, -0.1) is 11.7 Å². The fourth-order valence-electron chi connectivity index (χ4n) is 0.924. The lowest BCUT2D eigenvalue weighted by Crippen LogP contribution is -2.14. The molecular formula is C9H12OS2. The molecule has 3 heteroatoms. The molecule has 0 aliphatic heterocycles. The van der Waals surface area contributed by atoms with Crippen molar-refractivity contribution < 1.29 is 5.11 Å². The van der Waals surface area contributed by atoms with Crippen LogP contribution in [0.5, 0.6) is 0 Å². The molecule has 1 aromatic carbocycles. The fraction of sp³-hybridized carbons (Fsp3) is 0.333. The molecule has 0 atom stereocenters. The lowest BCUT2D eigenvalue weighted by Gasteiger charge is -2.17. The molecule has 1 aromatic rings. The Morgan fingerprint density at radius 2 is 1.75 bits per heavy atom. The van der Waals surface area contributed by atoms with Crippen LogP contribution in [0.2, 0.25) is 0 Å². The topological polar surface area (TPSA) is 20.2 Å². The van der Waals surface area contributed by atoms with E-state index in [1.54, 1.807) is 13.8 Å². The van der Waals surface area contributed by atoms with Gasteiger partial charge in [0.15, 0.2) is 0 Å². The number of aliphatic hydroxyl groups is 1. The van der Waals surface area contributed by atoms with E-state index in [1.165, 1.54) is 10.8 Å². The third-order valence-electron chi connectivity index (χ3n) is 1.67. The third kappa shape index (κ3) is 2.44. The maximum Gasteiger partial charge on any atom is 0.0840 e. The van der Waals surface area contributed by atoms with Crippen LogP contribution < -0.4 is 0 Å². The zero-order valence-corrected chi connectivity index (χ0v) is 8.82. The van der Waals surface area contributed by atoms with Gasteiger partial charge in [0.05, 0.1) is 5.60 Å². The second kappa shape index (κ2) is 3.73. The maximum atomic E-state index is 9.63. The van der Waals surface area contributed by atoms with Crippen LogP contribution in [0, 0.1) is 0 Å². The maximum absolute atomic E-state index is 9.63. The molecule has 0 bridgehead atoms. The van der Waals surface area contributed by atoms with Gasteiger partial charge in [-0.05, 0) is 31.5 Å². The minimum absolute atomic E-state index is 0.750. The summed E-state index contributed by atoms with van der Waals surface area (Å²) in [5.41, 5.74) is 0.174. The number of benzene rings is 1. The van der Waals surface area contributed by atoms with Crippen molar-refractivity contribution in [2.75, 3.05) is 0 Å². The molecule has 0 unspecified atom stereocenters. The second-order valence-electron chi connectivity index (χ2n) is 3.17. The van der Waals surface area contributed by atoms with Crippen molar-refractivity contribution >= 4 is 22.5 Å². The van der Waals surface area contributed by atoms with Gasteiger partial charge >= 0.3 is 0 Å². The van der Waals surface area contributed by atoms with E-state index in [0.717, 1.165) is 10.5 Å². The van der Waals surface area contributed by atoms with Crippen molar-refractivity contribution in [2.45, 2.75) is 24.3 Å². The Bertz CT molecular complexity index is 248. The van der Waals surface area contributed by atoms with Crippen LogP contribution in [0.1, 0.15) is 19.4 Å². The summed E-state index contributed by atoms with van der Waals surface area (Å²) in [6.07, 6.45) is 0. The Morgan fingerprint density at radius 1 is 1.25 bits per heavy atom. The molecule has 1 nitrogen and oxygen atoms in total. The summed E-state index contributed by atoms with van der Waals surface area (Å²) in [4.78, 5) is 1.09. The predicted octanol–water partition coefficient (Wildman–Crippen LogP) is 2.85. The minimum atomic E-state index is -0.750. The number of rotatable bonds is 2. The van der Waals surface area contributed by atoms with Crippen molar-refractivity contribution in [1.29, 1.82) is 0 Å². The highest BCUT2D eigenvalue weighted by atomic mass is 33.1. The van der Waals surface area contributed by atoms with Gasteiger partial charge in [-0.25, -0.2) is 0 Å². The van der Waals surface area contributed by atoms with Crippen molar-refractivity contribution in [3.05, 3.63) is 29.8 Å². The molecule has 0 spiro atoms. The van der Waals surface area contributed by atoms with Gasteiger partial charge in [-0.3, -0.25) is 0 Å². The molecule has 12 heavy (non-hydrogen) atoms. The van der Waals surface area contributed by atoms with E-state index >= 15 is 0 Å². The zero-order chi connectivity index (χ0) is 9.19. The molecule has 0 aliphatic rings. The standard InChI is InChI=1S/C9H12OS2/c1-9(2,10)7-3-5-8(12-11)6-4-7/h3-6,10-11H,1-2H3. The summed E-state index contributed by atoms with van der Waals surface area (Å²) >= 11 is 4.07. The molecule has 0 amide bonds. The first kappa shape index (κ1) is 9.96. The van der Waals surface area contributed by atoms with Crippen LogP contribution in [-0.4, -0.2) is 5.11 Å². The van der Waals surface area contributed by atoms with Gasteiger partial charge in [0.2, 0.25) is 0 Å². The van der Waals surface area contributed by atoms with Crippen LogP contribution >= 0.6 is 22.5 Å². The number of thiol groups is 1. The molecule has 0 aliphatic carbocycles. The van der Waals surface area contributed by atoms with Crippen molar-refractivity contribution in [3.8, 4) is 0 Å². The van der Waals surface area contributed by atoms with Crippen LogP contribution in [-0.2, 0) is 5.60 Å². The Kier molecular flexibility index (Phi) is 3.09. The Hall–Kier alpha value is -0.120. The fourth-order valence-corrected chi connectivity index (χ4v) is 1.55. The van der Waals surface area contributed by atoms with Gasteiger partial charge in [0.1, 0.15) is 0 Å². The SMILES string of the molecule is CC(C)(O)c1ccc(SS)cc1. The largest absolute Gasteiger partial charge is 0.386 e. The Morgan fingerprint density at radius 3 is 2.08 bits per heavy atom. The lowest BCUT2D eigenvalue weighted by molar-refractivity contribution is 0.0785. The van der Waals surface area contributed by atoms with Crippen LogP contribution in [0.25, 0.3) is 0 Å². The lowest BCUT2D eigenvalue weighted by atomic mass is 9.99. The van der Waals surface area contributed by atoms with Gasteiger partial charge in [0.25, 0.3) is 0 Å². The summed E-state index contributed by atoms with van der Waals surface area (Å²) in [6.45, 7) is 3.55. The number of hydrogen-bond acceptors (Lipinski definition) is 3. The molecule has 0 fully saturated rings. The van der Waals surface area contributed by atoms with E-state index in [2.05, 4.69) is 11.7 Å². The Labute approximate surface area is 82.0 Å². The average molecular weight is 200 g/mol. The smallest absolute Gasteiger partial charge is 0.0840 e. The highest BCUT2D eigenvalue weighted by Gasteiger charge is 2.14. The first-order chi connectivity index (χ1) is 5.54. The summed E-state index contributed by atoms with van der Waals surface area (Å²) in [5.74, 6) is 0. The quantitative estimate of drug-likeness (QED) is 0.565. The Balaban J connectivity index is 2.93. The van der Waals surface area contributed by atoms with E-state index in [-0.39, 0.29) is 0 Å². The van der Waals surface area contributed by atoms with Crippen molar-refractivity contribution in [3.63, 3.8) is 0 Å². The normalized spacial score (nSPS) is 11.7. The zero-order valence-electron chi connectivity index (χ0n) is 7.11. The average Bonchev–Trinajstić information content (AvgIpc) is 2.03. The summed E-state index contributed by atoms with van der Waals surface area (Å²) in [5, 5.41) is 9.63. The van der Waals surface area contributed by atoms with Crippen LogP contribution in [0.15, 0.2) is 29.2 Å². The van der Waals surface area contributed by atoms with Gasteiger partial charge < -0.3 is 5.11 Å².